The number of hydrogen-bond donors (Lipinski definition) is 2. The summed E-state index contributed by atoms with van der Waals surface area (Å²) in [5, 5.41) is 0. The van der Waals surface area contributed by atoms with Crippen molar-refractivity contribution in [2.24, 2.45) is 0 Å². The van der Waals surface area contributed by atoms with Crippen LogP contribution in [0.25, 0.3) is 0 Å². The number of pyridine rings is 1. The van der Waals surface area contributed by atoms with Crippen LogP contribution in [0.2, 0.25) is 0 Å². The van der Waals surface area contributed by atoms with Crippen LogP contribution >= 0.6 is 15.9 Å². The average Bonchev–Trinajstić information content (AvgIpc) is 2.35. The first-order chi connectivity index (χ1) is 8.92. The Morgan fingerprint density at radius 1 is 1.26 bits per heavy atom. The largest absolute Gasteiger partial charge is 0.383 e. The number of aryl methyl sites for hydroxylation is 1. The Labute approximate surface area is 120 Å². The second-order valence-corrected chi connectivity index (χ2v) is 6.37. The van der Waals surface area contributed by atoms with Crippen LogP contribution in [0.5, 0.6) is 0 Å². The molecule has 0 saturated heterocycles. The van der Waals surface area contributed by atoms with Gasteiger partial charge < -0.3 is 5.73 Å². The van der Waals surface area contributed by atoms with Crippen molar-refractivity contribution in [3.63, 3.8) is 0 Å². The number of anilines is 2. The first kappa shape index (κ1) is 13.8. The van der Waals surface area contributed by atoms with Gasteiger partial charge in [0, 0.05) is 10.7 Å². The number of nitrogens with zero attached hydrogens (tertiary/aromatic N) is 1. The number of halogens is 1. The highest BCUT2D eigenvalue weighted by Crippen LogP contribution is 2.28. The van der Waals surface area contributed by atoms with Crippen LogP contribution in [0.15, 0.2) is 45.9 Å². The lowest BCUT2D eigenvalue weighted by molar-refractivity contribution is 0.601. The van der Waals surface area contributed by atoms with Gasteiger partial charge in [-0.1, -0.05) is 12.1 Å². The van der Waals surface area contributed by atoms with Crippen molar-refractivity contribution in [3.05, 3.63) is 46.6 Å². The molecule has 3 N–H and O–H groups in total. The van der Waals surface area contributed by atoms with E-state index in [1.165, 1.54) is 18.3 Å². The molecular formula is C12H12BrN3O2S. The van der Waals surface area contributed by atoms with E-state index < -0.39 is 10.0 Å². The summed E-state index contributed by atoms with van der Waals surface area (Å²) in [6.45, 7) is 1.88. The molecule has 2 rings (SSSR count). The van der Waals surface area contributed by atoms with Crippen LogP contribution in [-0.4, -0.2) is 13.4 Å². The second kappa shape index (κ2) is 5.18. The Bertz CT molecular complexity index is 717. The third-order valence-corrected chi connectivity index (χ3v) is 4.99. The van der Waals surface area contributed by atoms with Crippen molar-refractivity contribution in [1.82, 2.24) is 4.98 Å². The van der Waals surface area contributed by atoms with Gasteiger partial charge in [-0.05, 0) is 46.6 Å². The van der Waals surface area contributed by atoms with E-state index in [1.807, 2.05) is 13.0 Å². The number of rotatable bonds is 3. The van der Waals surface area contributed by atoms with E-state index in [0.717, 1.165) is 5.56 Å². The number of nitrogen functional groups attached to an aromatic ring is 1. The average molecular weight is 342 g/mol. The minimum atomic E-state index is -3.75. The Balaban J connectivity index is 2.43. The molecule has 1 aromatic heterocycles. The predicted octanol–water partition coefficient (Wildman–Crippen LogP) is 2.54. The molecule has 0 bridgehead atoms. The summed E-state index contributed by atoms with van der Waals surface area (Å²) in [4.78, 5) is 3.74. The molecule has 0 aliphatic heterocycles. The molecule has 0 amide bonds. The molecule has 5 nitrogen and oxygen atoms in total. The van der Waals surface area contributed by atoms with Gasteiger partial charge in [-0.2, -0.15) is 0 Å². The van der Waals surface area contributed by atoms with Crippen molar-refractivity contribution < 1.29 is 8.42 Å². The van der Waals surface area contributed by atoms with Crippen molar-refractivity contribution >= 4 is 37.5 Å². The molecule has 0 atom stereocenters. The lowest BCUT2D eigenvalue weighted by Crippen LogP contribution is -2.15. The summed E-state index contributed by atoms with van der Waals surface area (Å²) >= 11 is 3.35. The van der Waals surface area contributed by atoms with Gasteiger partial charge in [0.2, 0.25) is 0 Å². The molecule has 7 heteroatoms. The maximum Gasteiger partial charge on any atom is 0.265 e. The maximum absolute atomic E-state index is 12.2. The fraction of sp³-hybridized carbons (Fsp3) is 0.0833. The highest BCUT2D eigenvalue weighted by atomic mass is 79.9. The fourth-order valence-corrected chi connectivity index (χ4v) is 3.21. The van der Waals surface area contributed by atoms with E-state index >= 15 is 0 Å². The first-order valence-electron chi connectivity index (χ1n) is 5.40. The standard InChI is InChI=1S/C12H12BrN3O2S/c1-8-4-2-5-9(11(8)13)16-19(17,18)10-6-3-7-15-12(10)14/h2-7,16H,1H3,(H2,14,15). The highest BCUT2D eigenvalue weighted by Gasteiger charge is 2.19. The van der Waals surface area contributed by atoms with E-state index in [2.05, 4.69) is 25.6 Å². The lowest BCUT2D eigenvalue weighted by Gasteiger charge is -2.11. The van der Waals surface area contributed by atoms with Gasteiger partial charge in [-0.25, -0.2) is 13.4 Å². The zero-order valence-electron chi connectivity index (χ0n) is 10.1. The quantitative estimate of drug-likeness (QED) is 0.898. The molecule has 0 fully saturated rings. The van der Waals surface area contributed by atoms with Crippen LogP contribution in [0.1, 0.15) is 5.56 Å². The summed E-state index contributed by atoms with van der Waals surface area (Å²) < 4.78 is 27.7. The molecule has 0 aliphatic rings. The van der Waals surface area contributed by atoms with Gasteiger partial charge in [-0.3, -0.25) is 4.72 Å². The van der Waals surface area contributed by atoms with Crippen LogP contribution in [0.4, 0.5) is 11.5 Å². The van der Waals surface area contributed by atoms with Crippen molar-refractivity contribution in [3.8, 4) is 0 Å². The molecule has 0 unspecified atom stereocenters. The molecule has 19 heavy (non-hydrogen) atoms. The summed E-state index contributed by atoms with van der Waals surface area (Å²) in [6, 6.07) is 8.25. The molecule has 1 aromatic carbocycles. The molecule has 0 aliphatic carbocycles. The van der Waals surface area contributed by atoms with E-state index in [9.17, 15) is 8.42 Å². The second-order valence-electron chi connectivity index (χ2n) is 3.93. The minimum absolute atomic E-state index is 0.0289. The topological polar surface area (TPSA) is 85.1 Å². The third-order valence-electron chi connectivity index (χ3n) is 2.53. The van der Waals surface area contributed by atoms with Gasteiger partial charge in [0.1, 0.15) is 10.7 Å². The van der Waals surface area contributed by atoms with Crippen molar-refractivity contribution in [1.29, 1.82) is 0 Å². The summed E-state index contributed by atoms with van der Waals surface area (Å²) in [5.41, 5.74) is 6.98. The Morgan fingerprint density at radius 2 is 2.00 bits per heavy atom. The third kappa shape index (κ3) is 2.87. The molecule has 1 heterocycles. The SMILES string of the molecule is Cc1cccc(NS(=O)(=O)c2cccnc2N)c1Br. The van der Waals surface area contributed by atoms with Gasteiger partial charge in [0.05, 0.1) is 5.69 Å². The molecule has 0 saturated carbocycles. The molecule has 2 aromatic rings. The van der Waals surface area contributed by atoms with Gasteiger partial charge in [0.15, 0.2) is 0 Å². The normalized spacial score (nSPS) is 11.3. The lowest BCUT2D eigenvalue weighted by atomic mass is 10.2. The monoisotopic (exact) mass is 341 g/mol. The van der Waals surface area contributed by atoms with Crippen LogP contribution < -0.4 is 10.5 Å². The fourth-order valence-electron chi connectivity index (χ4n) is 1.56. The van der Waals surface area contributed by atoms with Gasteiger partial charge in [0.25, 0.3) is 10.0 Å². The number of nitrogens with one attached hydrogen (secondary N) is 1. The number of nitrogens with two attached hydrogens (primary N) is 1. The van der Waals surface area contributed by atoms with E-state index in [-0.39, 0.29) is 10.7 Å². The zero-order chi connectivity index (χ0) is 14.0. The molecule has 0 spiro atoms. The van der Waals surface area contributed by atoms with Gasteiger partial charge in [-0.15, -0.1) is 0 Å². The first-order valence-corrected chi connectivity index (χ1v) is 7.68. The molecular weight excluding hydrogens is 330 g/mol. The Kier molecular flexibility index (Phi) is 3.77. The number of hydrogen-bond acceptors (Lipinski definition) is 4. The Hall–Kier alpha value is -1.60. The number of sulfonamides is 1. The molecule has 100 valence electrons. The smallest absolute Gasteiger partial charge is 0.265 e. The minimum Gasteiger partial charge on any atom is -0.383 e. The van der Waals surface area contributed by atoms with E-state index in [0.29, 0.717) is 10.2 Å². The maximum atomic E-state index is 12.2. The summed E-state index contributed by atoms with van der Waals surface area (Å²) in [7, 11) is -3.75. The molecule has 0 radical (unpaired) electrons. The number of aromatic nitrogens is 1. The van der Waals surface area contributed by atoms with E-state index in [1.54, 1.807) is 12.1 Å². The van der Waals surface area contributed by atoms with Crippen LogP contribution in [-0.2, 0) is 10.0 Å². The predicted molar refractivity (Wildman–Crippen MR) is 78.3 cm³/mol. The summed E-state index contributed by atoms with van der Waals surface area (Å²) in [6.07, 6.45) is 1.44. The Morgan fingerprint density at radius 3 is 2.68 bits per heavy atom. The highest BCUT2D eigenvalue weighted by molar-refractivity contribution is 9.10. The van der Waals surface area contributed by atoms with E-state index in [4.69, 9.17) is 5.73 Å². The van der Waals surface area contributed by atoms with Gasteiger partial charge >= 0.3 is 0 Å². The van der Waals surface area contributed by atoms with Crippen molar-refractivity contribution in [2.75, 3.05) is 10.5 Å². The summed E-state index contributed by atoms with van der Waals surface area (Å²) in [5.74, 6) is -0.0289. The van der Waals surface area contributed by atoms with Crippen LogP contribution in [0.3, 0.4) is 0 Å². The number of benzene rings is 1. The zero-order valence-corrected chi connectivity index (χ0v) is 12.5. The van der Waals surface area contributed by atoms with Crippen molar-refractivity contribution in [2.45, 2.75) is 11.8 Å². The van der Waals surface area contributed by atoms with Crippen LogP contribution in [0, 0.1) is 6.92 Å².